The molecule has 0 aliphatic heterocycles. The van der Waals surface area contributed by atoms with Gasteiger partial charge in [-0.15, -0.1) is 0 Å². The van der Waals surface area contributed by atoms with Gasteiger partial charge in [-0.05, 0) is 36.7 Å². The van der Waals surface area contributed by atoms with Crippen LogP contribution in [0.15, 0.2) is 23.8 Å². The van der Waals surface area contributed by atoms with E-state index in [2.05, 4.69) is 59.8 Å². The molecule has 0 N–H and O–H groups in total. The molecule has 14 heavy (non-hydrogen) atoms. The van der Waals surface area contributed by atoms with Crippen LogP contribution >= 0.6 is 0 Å². The van der Waals surface area contributed by atoms with E-state index in [1.54, 1.807) is 0 Å². The zero-order valence-corrected chi connectivity index (χ0v) is 10.7. The minimum Gasteiger partial charge on any atom is -0.0874 e. The summed E-state index contributed by atoms with van der Waals surface area (Å²) in [5.41, 5.74) is 1.80. The van der Waals surface area contributed by atoms with Gasteiger partial charge in [-0.3, -0.25) is 0 Å². The average Bonchev–Trinajstić information content (AvgIpc) is 2.01. The molecule has 0 spiro atoms. The zero-order valence-electron chi connectivity index (χ0n) is 10.7. The topological polar surface area (TPSA) is 0 Å². The van der Waals surface area contributed by atoms with Crippen LogP contribution in [0.3, 0.4) is 0 Å². The molecule has 0 amide bonds. The van der Waals surface area contributed by atoms with Gasteiger partial charge in [-0.25, -0.2) is 0 Å². The van der Waals surface area contributed by atoms with Crippen molar-refractivity contribution in [3.05, 3.63) is 23.8 Å². The van der Waals surface area contributed by atoms with Crippen LogP contribution in [0.5, 0.6) is 0 Å². The van der Waals surface area contributed by atoms with Gasteiger partial charge >= 0.3 is 0 Å². The van der Waals surface area contributed by atoms with Gasteiger partial charge in [0.15, 0.2) is 0 Å². The van der Waals surface area contributed by atoms with Gasteiger partial charge in [0.2, 0.25) is 0 Å². The van der Waals surface area contributed by atoms with Crippen LogP contribution < -0.4 is 0 Å². The lowest BCUT2D eigenvalue weighted by molar-refractivity contribution is 0.350. The minimum atomic E-state index is 0.316. The molecule has 0 heterocycles. The molecule has 0 aliphatic carbocycles. The van der Waals surface area contributed by atoms with Gasteiger partial charge in [0.25, 0.3) is 0 Å². The van der Waals surface area contributed by atoms with E-state index in [4.69, 9.17) is 0 Å². The van der Waals surface area contributed by atoms with Crippen molar-refractivity contribution in [1.29, 1.82) is 0 Å². The van der Waals surface area contributed by atoms with Crippen LogP contribution in [0.1, 0.15) is 54.4 Å². The summed E-state index contributed by atoms with van der Waals surface area (Å²) in [4.78, 5) is 0. The molecule has 0 saturated heterocycles. The van der Waals surface area contributed by atoms with Crippen molar-refractivity contribution in [2.75, 3.05) is 0 Å². The molecule has 0 aromatic rings. The maximum Gasteiger partial charge on any atom is -0.0104 e. The zero-order chi connectivity index (χ0) is 11.2. The largest absolute Gasteiger partial charge is 0.0874 e. The summed E-state index contributed by atoms with van der Waals surface area (Å²) >= 11 is 0. The van der Waals surface area contributed by atoms with Crippen molar-refractivity contribution in [2.24, 2.45) is 11.3 Å². The highest BCUT2D eigenvalue weighted by Gasteiger charge is 2.22. The predicted octanol–water partition coefficient (Wildman–Crippen LogP) is 4.97. The average molecular weight is 194 g/mol. The van der Waals surface area contributed by atoms with E-state index >= 15 is 0 Å². The third-order valence-corrected chi connectivity index (χ3v) is 2.47. The Morgan fingerprint density at radius 1 is 1.29 bits per heavy atom. The second-order valence-electron chi connectivity index (χ2n) is 5.05. The van der Waals surface area contributed by atoms with Gasteiger partial charge in [0.05, 0.1) is 0 Å². The first-order valence-electron chi connectivity index (χ1n) is 5.77. The van der Waals surface area contributed by atoms with Crippen LogP contribution in [0, 0.1) is 11.3 Å². The molecule has 0 fully saturated rings. The maximum absolute atomic E-state index is 2.35. The van der Waals surface area contributed by atoms with E-state index < -0.39 is 0 Å². The number of hydrogen-bond donors (Lipinski definition) is 0. The Hall–Kier alpha value is -0.520. The molecule has 0 heteroatoms. The van der Waals surface area contributed by atoms with Gasteiger partial charge in [0.1, 0.15) is 0 Å². The first-order chi connectivity index (χ1) is 6.44. The predicted molar refractivity (Wildman–Crippen MR) is 66.4 cm³/mol. The SMILES string of the molecule is C/C=C\C(=C/CC)C(C)(C)CC(C)C. The van der Waals surface area contributed by atoms with Crippen molar-refractivity contribution in [2.45, 2.75) is 54.4 Å². The third kappa shape index (κ3) is 4.64. The Balaban J connectivity index is 4.71. The fraction of sp³-hybridized carbons (Fsp3) is 0.714. The number of allylic oxidation sites excluding steroid dienone is 4. The second-order valence-corrected chi connectivity index (χ2v) is 5.05. The van der Waals surface area contributed by atoms with E-state index in [1.165, 1.54) is 12.0 Å². The Labute approximate surface area is 90.1 Å². The molecule has 0 aromatic carbocycles. The quantitative estimate of drug-likeness (QED) is 0.542. The molecule has 0 nitrogen and oxygen atoms in total. The standard InChI is InChI=1S/C14H26/c1-7-9-13(10-8-2)14(5,6)11-12(3)4/h7,9-10,12H,8,11H2,1-6H3/b9-7-,13-10+. The molecule has 0 unspecified atom stereocenters. The molecular weight excluding hydrogens is 168 g/mol. The highest BCUT2D eigenvalue weighted by atomic mass is 14.3. The van der Waals surface area contributed by atoms with Crippen molar-refractivity contribution in [3.8, 4) is 0 Å². The van der Waals surface area contributed by atoms with Crippen molar-refractivity contribution < 1.29 is 0 Å². The lowest BCUT2D eigenvalue weighted by Gasteiger charge is -2.28. The molecule has 0 radical (unpaired) electrons. The first kappa shape index (κ1) is 13.5. The molecule has 82 valence electrons. The fourth-order valence-electron chi connectivity index (χ4n) is 2.11. The van der Waals surface area contributed by atoms with Gasteiger partial charge < -0.3 is 0 Å². The van der Waals surface area contributed by atoms with Gasteiger partial charge in [-0.2, -0.15) is 0 Å². The van der Waals surface area contributed by atoms with Crippen LogP contribution in [0.2, 0.25) is 0 Å². The molecule has 0 saturated carbocycles. The van der Waals surface area contributed by atoms with Crippen LogP contribution in [-0.2, 0) is 0 Å². The second kappa shape index (κ2) is 6.06. The van der Waals surface area contributed by atoms with E-state index in [-0.39, 0.29) is 0 Å². The van der Waals surface area contributed by atoms with Gasteiger partial charge in [0, 0.05) is 0 Å². The molecular formula is C14H26. The van der Waals surface area contributed by atoms with E-state index in [0.29, 0.717) is 5.41 Å². The Morgan fingerprint density at radius 2 is 1.86 bits per heavy atom. The normalized spacial score (nSPS) is 14.4. The highest BCUT2D eigenvalue weighted by Crippen LogP contribution is 2.34. The Morgan fingerprint density at radius 3 is 2.21 bits per heavy atom. The monoisotopic (exact) mass is 194 g/mol. The lowest BCUT2D eigenvalue weighted by atomic mass is 9.77. The summed E-state index contributed by atoms with van der Waals surface area (Å²) in [5, 5.41) is 0. The molecule has 0 rings (SSSR count). The van der Waals surface area contributed by atoms with Crippen LogP contribution in [0.4, 0.5) is 0 Å². The summed E-state index contributed by atoms with van der Waals surface area (Å²) in [6.07, 6.45) is 9.13. The summed E-state index contributed by atoms with van der Waals surface area (Å²) in [6, 6.07) is 0. The summed E-state index contributed by atoms with van der Waals surface area (Å²) in [6.45, 7) is 13.6. The number of rotatable bonds is 5. The van der Waals surface area contributed by atoms with Crippen molar-refractivity contribution >= 4 is 0 Å². The lowest BCUT2D eigenvalue weighted by Crippen LogP contribution is -2.16. The maximum atomic E-state index is 2.35. The Kier molecular flexibility index (Phi) is 5.83. The van der Waals surface area contributed by atoms with Crippen molar-refractivity contribution in [3.63, 3.8) is 0 Å². The minimum absolute atomic E-state index is 0.316. The highest BCUT2D eigenvalue weighted by molar-refractivity contribution is 5.25. The summed E-state index contributed by atoms with van der Waals surface area (Å²) in [7, 11) is 0. The summed E-state index contributed by atoms with van der Waals surface area (Å²) in [5.74, 6) is 0.760. The van der Waals surface area contributed by atoms with Crippen LogP contribution in [0.25, 0.3) is 0 Å². The van der Waals surface area contributed by atoms with Crippen LogP contribution in [-0.4, -0.2) is 0 Å². The number of hydrogen-bond acceptors (Lipinski definition) is 0. The molecule has 0 aliphatic rings. The van der Waals surface area contributed by atoms with E-state index in [1.807, 2.05) is 0 Å². The fourth-order valence-corrected chi connectivity index (χ4v) is 2.11. The van der Waals surface area contributed by atoms with E-state index in [9.17, 15) is 0 Å². The van der Waals surface area contributed by atoms with Gasteiger partial charge in [-0.1, -0.05) is 52.8 Å². The summed E-state index contributed by atoms with van der Waals surface area (Å²) < 4.78 is 0. The Bertz CT molecular complexity index is 204. The smallest absolute Gasteiger partial charge is 0.0104 e. The molecule has 0 bridgehead atoms. The van der Waals surface area contributed by atoms with Crippen molar-refractivity contribution in [1.82, 2.24) is 0 Å². The van der Waals surface area contributed by atoms with E-state index in [0.717, 1.165) is 12.3 Å². The third-order valence-electron chi connectivity index (χ3n) is 2.47. The molecule has 0 atom stereocenters. The first-order valence-corrected chi connectivity index (χ1v) is 5.77. The molecule has 0 aromatic heterocycles.